The number of ether oxygens (including phenoxy) is 6. The standard InChI is InChI=1S/C32H42O12/c1-7-39-29(37)31(3,4)43-21-13-11-19(12-14-21)9-10-20-15-22(17-23(16-20)44-32(5,6)30(38)40-8-2)41-28-27(36)26(35)25(34)24(18-33)42-28/h9-17,24-28,33-36H,7-8,18H2,1-6H3/b10-9+/t24-,25-,26+,27-,28?/m1/s1. The van der Waals surface area contributed by atoms with Gasteiger partial charge in [0.05, 0.1) is 19.8 Å². The molecule has 0 saturated carbocycles. The average molecular weight is 619 g/mol. The SMILES string of the molecule is CCOC(=O)C(C)(C)Oc1ccc(/C=C/c2cc(OC3O[C@H](CO)[C@@H](O)[C@H](O)[C@H]3O)cc(OC(C)(C)C(=O)OCC)c2)cc1. The third kappa shape index (κ3) is 8.93. The summed E-state index contributed by atoms with van der Waals surface area (Å²) in [5.41, 5.74) is -1.15. The summed E-state index contributed by atoms with van der Waals surface area (Å²) in [4.78, 5) is 24.6. The van der Waals surface area contributed by atoms with Gasteiger partial charge >= 0.3 is 11.9 Å². The van der Waals surface area contributed by atoms with E-state index >= 15 is 0 Å². The fourth-order valence-electron chi connectivity index (χ4n) is 4.24. The molecule has 4 N–H and O–H groups in total. The quantitative estimate of drug-likeness (QED) is 0.191. The second-order valence-electron chi connectivity index (χ2n) is 11.1. The topological polar surface area (TPSA) is 170 Å². The summed E-state index contributed by atoms with van der Waals surface area (Å²) in [6, 6.07) is 11.8. The Morgan fingerprint density at radius 3 is 1.82 bits per heavy atom. The minimum atomic E-state index is -1.62. The van der Waals surface area contributed by atoms with Crippen LogP contribution >= 0.6 is 0 Å². The maximum Gasteiger partial charge on any atom is 0.349 e. The fraction of sp³-hybridized carbons (Fsp3) is 0.500. The molecule has 1 aliphatic rings. The number of aliphatic hydroxyl groups excluding tert-OH is 4. The molecule has 1 heterocycles. The molecule has 242 valence electrons. The van der Waals surface area contributed by atoms with Crippen LogP contribution < -0.4 is 14.2 Å². The van der Waals surface area contributed by atoms with Crippen LogP contribution in [0.25, 0.3) is 12.2 Å². The smallest absolute Gasteiger partial charge is 0.349 e. The van der Waals surface area contributed by atoms with Crippen LogP contribution in [0, 0.1) is 0 Å². The number of carbonyl (C=O) groups excluding carboxylic acids is 2. The molecule has 0 amide bonds. The summed E-state index contributed by atoms with van der Waals surface area (Å²) >= 11 is 0. The van der Waals surface area contributed by atoms with Crippen LogP contribution in [0.15, 0.2) is 42.5 Å². The molecule has 3 rings (SSSR count). The number of benzene rings is 2. The van der Waals surface area contributed by atoms with E-state index in [0.717, 1.165) is 5.56 Å². The molecule has 0 spiro atoms. The van der Waals surface area contributed by atoms with Crippen molar-refractivity contribution in [1.29, 1.82) is 0 Å². The van der Waals surface area contributed by atoms with Crippen LogP contribution in [0.2, 0.25) is 0 Å². The lowest BCUT2D eigenvalue weighted by molar-refractivity contribution is -0.277. The summed E-state index contributed by atoms with van der Waals surface area (Å²) in [7, 11) is 0. The highest BCUT2D eigenvalue weighted by atomic mass is 16.7. The number of esters is 2. The first-order valence-electron chi connectivity index (χ1n) is 14.3. The van der Waals surface area contributed by atoms with Crippen molar-refractivity contribution in [3.05, 3.63) is 53.6 Å². The van der Waals surface area contributed by atoms with Crippen molar-refractivity contribution in [3.63, 3.8) is 0 Å². The van der Waals surface area contributed by atoms with Crippen LogP contribution in [0.3, 0.4) is 0 Å². The molecule has 0 radical (unpaired) electrons. The monoisotopic (exact) mass is 618 g/mol. The van der Waals surface area contributed by atoms with Gasteiger partial charge in [0.1, 0.15) is 41.7 Å². The third-order valence-corrected chi connectivity index (χ3v) is 6.63. The number of rotatable bonds is 13. The Morgan fingerprint density at radius 2 is 1.27 bits per heavy atom. The third-order valence-electron chi connectivity index (χ3n) is 6.63. The van der Waals surface area contributed by atoms with Gasteiger partial charge in [-0.3, -0.25) is 0 Å². The van der Waals surface area contributed by atoms with Crippen LogP contribution in [-0.2, 0) is 23.8 Å². The molecule has 0 aliphatic carbocycles. The Bertz CT molecular complexity index is 1280. The van der Waals surface area contributed by atoms with Crippen molar-refractivity contribution in [2.75, 3.05) is 19.8 Å². The highest BCUT2D eigenvalue weighted by Gasteiger charge is 2.45. The van der Waals surface area contributed by atoms with Gasteiger partial charge in [-0.05, 0) is 76.9 Å². The highest BCUT2D eigenvalue weighted by molar-refractivity contribution is 5.79. The van der Waals surface area contributed by atoms with E-state index in [1.165, 1.54) is 6.07 Å². The van der Waals surface area contributed by atoms with E-state index < -0.39 is 60.5 Å². The summed E-state index contributed by atoms with van der Waals surface area (Å²) in [6.45, 7) is 9.58. The van der Waals surface area contributed by atoms with Gasteiger partial charge in [0, 0.05) is 6.07 Å². The molecule has 12 heteroatoms. The predicted molar refractivity (Wildman–Crippen MR) is 159 cm³/mol. The zero-order valence-corrected chi connectivity index (χ0v) is 25.8. The minimum Gasteiger partial charge on any atom is -0.476 e. The van der Waals surface area contributed by atoms with Gasteiger partial charge in [-0.25, -0.2) is 9.59 Å². The summed E-state index contributed by atoms with van der Waals surface area (Å²) in [5.74, 6) is -0.192. The molecular weight excluding hydrogens is 576 g/mol. The van der Waals surface area contributed by atoms with Gasteiger partial charge in [0.25, 0.3) is 0 Å². The van der Waals surface area contributed by atoms with E-state index in [0.29, 0.717) is 11.3 Å². The molecule has 2 aromatic rings. The van der Waals surface area contributed by atoms with E-state index in [-0.39, 0.29) is 24.7 Å². The Morgan fingerprint density at radius 1 is 0.750 bits per heavy atom. The lowest BCUT2D eigenvalue weighted by Crippen LogP contribution is -2.60. The Labute approximate surface area is 256 Å². The molecule has 1 saturated heterocycles. The molecular formula is C32H42O12. The fourth-order valence-corrected chi connectivity index (χ4v) is 4.24. The van der Waals surface area contributed by atoms with Gasteiger partial charge < -0.3 is 48.8 Å². The second-order valence-corrected chi connectivity index (χ2v) is 11.1. The van der Waals surface area contributed by atoms with Crippen molar-refractivity contribution < 1.29 is 58.4 Å². The average Bonchev–Trinajstić information content (AvgIpc) is 2.97. The molecule has 0 bridgehead atoms. The van der Waals surface area contributed by atoms with E-state index in [2.05, 4.69) is 0 Å². The Kier molecular flexibility index (Phi) is 11.8. The summed E-state index contributed by atoms with van der Waals surface area (Å²) < 4.78 is 33.3. The molecule has 12 nitrogen and oxygen atoms in total. The Balaban J connectivity index is 1.87. The van der Waals surface area contributed by atoms with E-state index in [1.807, 2.05) is 0 Å². The maximum absolute atomic E-state index is 12.5. The van der Waals surface area contributed by atoms with E-state index in [1.54, 1.807) is 90.1 Å². The molecule has 2 aromatic carbocycles. The van der Waals surface area contributed by atoms with Gasteiger partial charge in [0.2, 0.25) is 6.29 Å². The van der Waals surface area contributed by atoms with Crippen molar-refractivity contribution in [1.82, 2.24) is 0 Å². The normalized spacial score (nSPS) is 22.4. The molecule has 5 atom stereocenters. The first-order chi connectivity index (χ1) is 20.7. The zero-order valence-electron chi connectivity index (χ0n) is 25.8. The minimum absolute atomic E-state index is 0.149. The van der Waals surface area contributed by atoms with Crippen molar-refractivity contribution in [2.24, 2.45) is 0 Å². The molecule has 1 unspecified atom stereocenters. The van der Waals surface area contributed by atoms with Gasteiger partial charge in [-0.15, -0.1) is 0 Å². The van der Waals surface area contributed by atoms with Crippen molar-refractivity contribution >= 4 is 24.1 Å². The van der Waals surface area contributed by atoms with Gasteiger partial charge in [-0.2, -0.15) is 0 Å². The largest absolute Gasteiger partial charge is 0.476 e. The summed E-state index contributed by atoms with van der Waals surface area (Å²) in [5, 5.41) is 40.3. The zero-order chi connectivity index (χ0) is 32.7. The lowest BCUT2D eigenvalue weighted by Gasteiger charge is -2.39. The van der Waals surface area contributed by atoms with Crippen LogP contribution in [0.4, 0.5) is 0 Å². The first-order valence-corrected chi connectivity index (χ1v) is 14.3. The van der Waals surface area contributed by atoms with Crippen LogP contribution in [0.5, 0.6) is 17.2 Å². The number of aliphatic hydroxyl groups is 4. The molecule has 1 fully saturated rings. The predicted octanol–water partition coefficient (Wildman–Crippen LogP) is 2.48. The van der Waals surface area contributed by atoms with Crippen LogP contribution in [0.1, 0.15) is 52.7 Å². The number of hydrogen-bond acceptors (Lipinski definition) is 12. The number of hydrogen-bond donors (Lipinski definition) is 4. The van der Waals surface area contributed by atoms with Crippen LogP contribution in [-0.4, -0.2) is 94.1 Å². The van der Waals surface area contributed by atoms with Gasteiger partial charge in [0.15, 0.2) is 11.2 Å². The first kappa shape index (κ1) is 34.8. The van der Waals surface area contributed by atoms with Crippen molar-refractivity contribution in [2.45, 2.75) is 83.5 Å². The lowest BCUT2D eigenvalue weighted by atomic mass is 9.99. The maximum atomic E-state index is 12.5. The van der Waals surface area contributed by atoms with Crippen molar-refractivity contribution in [3.8, 4) is 17.2 Å². The number of carbonyl (C=O) groups is 2. The van der Waals surface area contributed by atoms with E-state index in [9.17, 15) is 30.0 Å². The Hall–Kier alpha value is -3.68. The van der Waals surface area contributed by atoms with Gasteiger partial charge in [-0.1, -0.05) is 24.3 Å². The molecule has 44 heavy (non-hydrogen) atoms. The second kappa shape index (κ2) is 14.9. The molecule has 1 aliphatic heterocycles. The summed E-state index contributed by atoms with van der Waals surface area (Å²) in [6.07, 6.45) is -3.82. The molecule has 0 aromatic heterocycles. The highest BCUT2D eigenvalue weighted by Crippen LogP contribution is 2.31. The van der Waals surface area contributed by atoms with E-state index in [4.69, 9.17) is 28.4 Å².